The predicted octanol–water partition coefficient (Wildman–Crippen LogP) is 3.04. The number of amides is 1. The largest absolute Gasteiger partial charge is 0.326 e. The Hall–Kier alpha value is -2.67. The van der Waals surface area contributed by atoms with E-state index in [9.17, 15) is 9.59 Å². The molecule has 3 aromatic rings. The summed E-state index contributed by atoms with van der Waals surface area (Å²) in [4.78, 5) is 30.5. The van der Waals surface area contributed by atoms with E-state index in [4.69, 9.17) is 0 Å². The maximum atomic E-state index is 12.7. The van der Waals surface area contributed by atoms with E-state index in [0.717, 1.165) is 21.8 Å². The van der Waals surface area contributed by atoms with Crippen LogP contribution in [-0.4, -0.2) is 20.7 Å². The van der Waals surface area contributed by atoms with Crippen LogP contribution in [0.2, 0.25) is 0 Å². The van der Waals surface area contributed by atoms with Gasteiger partial charge in [-0.05, 0) is 39.3 Å². The summed E-state index contributed by atoms with van der Waals surface area (Å²) in [6.45, 7) is 7.60. The molecule has 3 rings (SSSR count). The van der Waals surface area contributed by atoms with Crippen molar-refractivity contribution in [3.8, 4) is 5.13 Å². The number of carbonyl (C=O) groups excluding carboxylic acids is 1. The highest BCUT2D eigenvalue weighted by Crippen LogP contribution is 2.19. The first-order valence-electron chi connectivity index (χ1n) is 7.97. The molecule has 0 saturated heterocycles. The first-order chi connectivity index (χ1) is 11.9. The molecule has 25 heavy (non-hydrogen) atoms. The smallest absolute Gasteiger partial charge is 0.277 e. The summed E-state index contributed by atoms with van der Waals surface area (Å²) in [5.41, 5.74) is 3.54. The van der Waals surface area contributed by atoms with Gasteiger partial charge in [-0.3, -0.25) is 14.7 Å². The maximum absolute atomic E-state index is 12.7. The highest BCUT2D eigenvalue weighted by Gasteiger charge is 2.18. The first kappa shape index (κ1) is 17.2. The fraction of sp³-hybridized carbons (Fsp3) is 0.278. The molecule has 0 radical (unpaired) electrons. The van der Waals surface area contributed by atoms with E-state index < -0.39 is 0 Å². The Labute approximate surface area is 149 Å². The van der Waals surface area contributed by atoms with Crippen LogP contribution in [0.15, 0.2) is 29.1 Å². The molecule has 2 heterocycles. The van der Waals surface area contributed by atoms with Crippen molar-refractivity contribution < 1.29 is 4.79 Å². The predicted molar refractivity (Wildman–Crippen MR) is 99.8 cm³/mol. The molecule has 2 aromatic heterocycles. The molecule has 0 aliphatic carbocycles. The summed E-state index contributed by atoms with van der Waals surface area (Å²) < 4.78 is 1.41. The van der Waals surface area contributed by atoms with Gasteiger partial charge in [-0.15, -0.1) is 0 Å². The summed E-state index contributed by atoms with van der Waals surface area (Å²) >= 11 is 1.45. The second-order valence-corrected chi connectivity index (χ2v) is 7.22. The van der Waals surface area contributed by atoms with Gasteiger partial charge in [-0.1, -0.05) is 29.5 Å². The average Bonchev–Trinajstić information content (AvgIpc) is 3.03. The minimum atomic E-state index is -0.230. The van der Waals surface area contributed by atoms with Gasteiger partial charge < -0.3 is 5.32 Å². The van der Waals surface area contributed by atoms with Crippen molar-refractivity contribution in [2.45, 2.75) is 34.1 Å². The lowest BCUT2D eigenvalue weighted by atomic mass is 10.1. The third-order valence-electron chi connectivity index (χ3n) is 4.16. The highest BCUT2D eigenvalue weighted by atomic mass is 32.1. The zero-order valence-electron chi connectivity index (χ0n) is 14.6. The van der Waals surface area contributed by atoms with E-state index in [1.165, 1.54) is 16.0 Å². The Morgan fingerprint density at radius 1 is 1.24 bits per heavy atom. The van der Waals surface area contributed by atoms with E-state index in [0.29, 0.717) is 16.4 Å². The van der Waals surface area contributed by atoms with Crippen LogP contribution in [0.5, 0.6) is 0 Å². The van der Waals surface area contributed by atoms with Crippen LogP contribution >= 0.6 is 11.3 Å². The Morgan fingerprint density at radius 3 is 2.60 bits per heavy atom. The molecule has 0 aliphatic heterocycles. The number of nitrogens with one attached hydrogen (secondary N) is 2. The number of para-hydroxylation sites is 1. The summed E-state index contributed by atoms with van der Waals surface area (Å²) in [6, 6.07) is 7.55. The number of aromatic nitrogens is 3. The third-order valence-corrected chi connectivity index (χ3v) is 5.22. The maximum Gasteiger partial charge on any atom is 0.277 e. The van der Waals surface area contributed by atoms with E-state index in [1.54, 1.807) is 6.92 Å². The lowest BCUT2D eigenvalue weighted by molar-refractivity contribution is -0.115. The summed E-state index contributed by atoms with van der Waals surface area (Å²) in [5, 5.41) is 6.48. The normalized spacial score (nSPS) is 10.9. The van der Waals surface area contributed by atoms with Crippen molar-refractivity contribution in [1.29, 1.82) is 0 Å². The van der Waals surface area contributed by atoms with Gasteiger partial charge in [0, 0.05) is 21.8 Å². The molecule has 0 atom stereocenters. The number of H-pyrrole nitrogens is 1. The SMILES string of the molecule is Cc1ccccc1NC(=O)Cc1c(C)[nH]n(-c2nc(C)c(C)s2)c1=O. The summed E-state index contributed by atoms with van der Waals surface area (Å²) in [6.07, 6.45) is 0.0197. The number of benzene rings is 1. The van der Waals surface area contributed by atoms with E-state index in [-0.39, 0.29) is 17.9 Å². The van der Waals surface area contributed by atoms with E-state index in [2.05, 4.69) is 15.4 Å². The number of aryl methyl sites for hydroxylation is 4. The fourth-order valence-corrected chi connectivity index (χ4v) is 3.41. The van der Waals surface area contributed by atoms with Gasteiger partial charge in [-0.25, -0.2) is 4.98 Å². The quantitative estimate of drug-likeness (QED) is 0.754. The van der Waals surface area contributed by atoms with Gasteiger partial charge in [0.1, 0.15) is 0 Å². The number of thiazole rings is 1. The van der Waals surface area contributed by atoms with Crippen LogP contribution in [0.4, 0.5) is 5.69 Å². The minimum Gasteiger partial charge on any atom is -0.326 e. The van der Waals surface area contributed by atoms with Crippen molar-refractivity contribution in [2.24, 2.45) is 0 Å². The molecule has 0 bridgehead atoms. The van der Waals surface area contributed by atoms with Crippen LogP contribution in [0.25, 0.3) is 5.13 Å². The molecule has 1 aromatic carbocycles. The van der Waals surface area contributed by atoms with Gasteiger partial charge in [0.25, 0.3) is 5.56 Å². The standard InChI is InChI=1S/C18H20N4O2S/c1-10-7-5-6-8-15(10)20-16(23)9-14-12(3)21-22(17(14)24)18-19-11(2)13(4)25-18/h5-8,21H,9H2,1-4H3,(H,20,23). The van der Waals surface area contributed by atoms with Crippen molar-refractivity contribution in [2.75, 3.05) is 5.32 Å². The topological polar surface area (TPSA) is 79.8 Å². The Kier molecular flexibility index (Phi) is 4.59. The third kappa shape index (κ3) is 3.41. The fourth-order valence-electron chi connectivity index (χ4n) is 2.54. The number of rotatable bonds is 4. The monoisotopic (exact) mass is 356 g/mol. The van der Waals surface area contributed by atoms with Crippen molar-refractivity contribution in [3.63, 3.8) is 0 Å². The number of carbonyl (C=O) groups is 1. The van der Waals surface area contributed by atoms with Gasteiger partial charge in [-0.2, -0.15) is 4.68 Å². The molecule has 6 nitrogen and oxygen atoms in total. The van der Waals surface area contributed by atoms with Gasteiger partial charge >= 0.3 is 0 Å². The van der Waals surface area contributed by atoms with Crippen molar-refractivity contribution >= 4 is 22.9 Å². The zero-order valence-corrected chi connectivity index (χ0v) is 15.5. The van der Waals surface area contributed by atoms with Crippen molar-refractivity contribution in [3.05, 3.63) is 62.0 Å². The molecule has 0 saturated carbocycles. The molecule has 0 aliphatic rings. The minimum absolute atomic E-state index is 0.0197. The van der Waals surface area contributed by atoms with Gasteiger partial charge in [0.15, 0.2) is 0 Å². The van der Waals surface area contributed by atoms with Crippen LogP contribution < -0.4 is 10.9 Å². The average molecular weight is 356 g/mol. The number of anilines is 1. The molecule has 1 amide bonds. The number of hydrogen-bond donors (Lipinski definition) is 2. The second kappa shape index (κ2) is 6.68. The lowest BCUT2D eigenvalue weighted by Crippen LogP contribution is -2.22. The molecule has 7 heteroatoms. The van der Waals surface area contributed by atoms with Crippen LogP contribution in [0.3, 0.4) is 0 Å². The molecule has 0 fully saturated rings. The molecule has 130 valence electrons. The number of nitrogens with zero attached hydrogens (tertiary/aromatic N) is 2. The van der Waals surface area contributed by atoms with Gasteiger partial charge in [0.2, 0.25) is 11.0 Å². The Morgan fingerprint density at radius 2 is 1.96 bits per heavy atom. The molecular weight excluding hydrogens is 336 g/mol. The lowest BCUT2D eigenvalue weighted by Gasteiger charge is -2.07. The Balaban J connectivity index is 1.85. The van der Waals surface area contributed by atoms with Crippen LogP contribution in [-0.2, 0) is 11.2 Å². The van der Waals surface area contributed by atoms with Crippen LogP contribution in [0, 0.1) is 27.7 Å². The molecule has 2 N–H and O–H groups in total. The van der Waals surface area contributed by atoms with Crippen molar-refractivity contribution in [1.82, 2.24) is 14.8 Å². The van der Waals surface area contributed by atoms with Crippen LogP contribution in [0.1, 0.15) is 27.4 Å². The number of aromatic amines is 1. The molecule has 0 spiro atoms. The number of hydrogen-bond acceptors (Lipinski definition) is 4. The highest BCUT2D eigenvalue weighted by molar-refractivity contribution is 7.14. The Bertz CT molecular complexity index is 977. The molecular formula is C18H20N4O2S. The second-order valence-electron chi connectivity index (χ2n) is 6.03. The van der Waals surface area contributed by atoms with Gasteiger partial charge in [0.05, 0.1) is 12.1 Å². The summed E-state index contributed by atoms with van der Waals surface area (Å²) in [7, 11) is 0. The first-order valence-corrected chi connectivity index (χ1v) is 8.79. The molecule has 0 unspecified atom stereocenters. The van der Waals surface area contributed by atoms with E-state index in [1.807, 2.05) is 45.0 Å². The summed E-state index contributed by atoms with van der Waals surface area (Å²) in [5.74, 6) is -0.216. The van der Waals surface area contributed by atoms with E-state index >= 15 is 0 Å². The zero-order chi connectivity index (χ0) is 18.1.